The van der Waals surface area contributed by atoms with E-state index in [1.165, 1.54) is 0 Å². The zero-order chi connectivity index (χ0) is 14.3. The lowest BCUT2D eigenvalue weighted by Gasteiger charge is -2.31. The molecular weight excluding hydrogens is 274 g/mol. The van der Waals surface area contributed by atoms with Crippen molar-refractivity contribution >= 4 is 27.3 Å². The molecule has 0 radical (unpaired) electrons. The third kappa shape index (κ3) is 2.37. The molecule has 1 saturated heterocycles. The number of hydrogen-bond acceptors (Lipinski definition) is 5. The molecule has 1 fully saturated rings. The van der Waals surface area contributed by atoms with E-state index < -0.39 is 0 Å². The minimum absolute atomic E-state index is 0.160. The number of anilines is 1. The van der Waals surface area contributed by atoms with Crippen LogP contribution in [0.15, 0.2) is 6.20 Å². The normalized spacial score (nSPS) is 16.9. The minimum Gasteiger partial charge on any atom is -0.349 e. The SMILES string of the molecule is Cc1cn2nc(N3CCC(C(=O)N(C)C)CC3)sc2n1. The maximum atomic E-state index is 12.0. The quantitative estimate of drug-likeness (QED) is 0.840. The van der Waals surface area contributed by atoms with Crippen molar-refractivity contribution in [2.45, 2.75) is 19.8 Å². The molecule has 1 amide bonds. The largest absolute Gasteiger partial charge is 0.349 e. The Morgan fingerprint density at radius 2 is 2.10 bits per heavy atom. The number of hydrogen-bond donors (Lipinski definition) is 0. The number of aromatic nitrogens is 3. The van der Waals surface area contributed by atoms with Gasteiger partial charge in [0.25, 0.3) is 0 Å². The number of carbonyl (C=O) groups is 1. The van der Waals surface area contributed by atoms with Gasteiger partial charge in [-0.25, -0.2) is 9.50 Å². The molecule has 2 aromatic heterocycles. The predicted molar refractivity (Wildman–Crippen MR) is 79.2 cm³/mol. The van der Waals surface area contributed by atoms with Gasteiger partial charge in [-0.15, -0.1) is 5.10 Å². The molecule has 0 saturated carbocycles. The minimum atomic E-state index is 0.160. The summed E-state index contributed by atoms with van der Waals surface area (Å²) in [7, 11) is 3.65. The Labute approximate surface area is 122 Å². The summed E-state index contributed by atoms with van der Waals surface area (Å²) >= 11 is 1.61. The Morgan fingerprint density at radius 3 is 2.70 bits per heavy atom. The Bertz CT molecular complexity index is 592. The van der Waals surface area contributed by atoms with Gasteiger partial charge in [0, 0.05) is 33.1 Å². The maximum absolute atomic E-state index is 12.0. The average molecular weight is 293 g/mol. The number of carbonyl (C=O) groups excluding carboxylic acids is 1. The summed E-state index contributed by atoms with van der Waals surface area (Å²) in [6.45, 7) is 3.75. The van der Waals surface area contributed by atoms with Crippen LogP contribution in [0.4, 0.5) is 5.13 Å². The molecule has 1 aliphatic heterocycles. The van der Waals surface area contributed by atoms with E-state index in [9.17, 15) is 4.79 Å². The molecule has 1 aliphatic rings. The second kappa shape index (κ2) is 5.05. The highest BCUT2D eigenvalue weighted by molar-refractivity contribution is 7.20. The van der Waals surface area contributed by atoms with Crippen molar-refractivity contribution in [1.82, 2.24) is 19.5 Å². The second-order valence-electron chi connectivity index (χ2n) is 5.49. The Hall–Kier alpha value is -1.63. The van der Waals surface area contributed by atoms with Gasteiger partial charge >= 0.3 is 0 Å². The highest BCUT2D eigenvalue weighted by Crippen LogP contribution is 2.28. The van der Waals surface area contributed by atoms with Crippen LogP contribution >= 0.6 is 11.3 Å². The average Bonchev–Trinajstić information content (AvgIpc) is 2.95. The predicted octanol–water partition coefficient (Wildman–Crippen LogP) is 1.40. The van der Waals surface area contributed by atoms with Crippen LogP contribution in [0.1, 0.15) is 18.5 Å². The van der Waals surface area contributed by atoms with E-state index in [0.717, 1.165) is 41.7 Å². The van der Waals surface area contributed by atoms with Crippen LogP contribution in [-0.2, 0) is 4.79 Å². The van der Waals surface area contributed by atoms with Gasteiger partial charge in [0.15, 0.2) is 0 Å². The summed E-state index contributed by atoms with van der Waals surface area (Å²) in [4.78, 5) is 21.3. The standard InChI is InChI=1S/C13H19N5OS/c1-9-8-18-12(14-9)20-13(15-18)17-6-4-10(5-7-17)11(19)16(2)3/h8,10H,4-7H2,1-3H3. The summed E-state index contributed by atoms with van der Waals surface area (Å²) in [5.41, 5.74) is 0.991. The highest BCUT2D eigenvalue weighted by atomic mass is 32.1. The van der Waals surface area contributed by atoms with Crippen LogP contribution in [0.5, 0.6) is 0 Å². The van der Waals surface area contributed by atoms with Gasteiger partial charge in [0.1, 0.15) is 0 Å². The number of imidazole rings is 1. The molecule has 0 N–H and O–H groups in total. The highest BCUT2D eigenvalue weighted by Gasteiger charge is 2.27. The van der Waals surface area contributed by atoms with Crippen LogP contribution in [0.3, 0.4) is 0 Å². The third-order valence-electron chi connectivity index (χ3n) is 3.71. The fourth-order valence-electron chi connectivity index (χ4n) is 2.61. The van der Waals surface area contributed by atoms with E-state index in [4.69, 9.17) is 0 Å². The van der Waals surface area contributed by atoms with Crippen molar-refractivity contribution in [3.8, 4) is 0 Å². The van der Waals surface area contributed by atoms with Crippen LogP contribution in [0.2, 0.25) is 0 Å². The number of amides is 1. The smallest absolute Gasteiger partial charge is 0.225 e. The topological polar surface area (TPSA) is 53.7 Å². The first-order valence-electron chi connectivity index (χ1n) is 6.83. The molecule has 2 aromatic rings. The summed E-state index contributed by atoms with van der Waals surface area (Å²) in [6.07, 6.45) is 3.74. The molecule has 0 aliphatic carbocycles. The van der Waals surface area contributed by atoms with Gasteiger partial charge < -0.3 is 9.80 Å². The van der Waals surface area contributed by atoms with Crippen LogP contribution in [0, 0.1) is 12.8 Å². The molecule has 108 valence electrons. The maximum Gasteiger partial charge on any atom is 0.225 e. The van der Waals surface area contributed by atoms with Gasteiger partial charge in [-0.1, -0.05) is 11.3 Å². The first-order chi connectivity index (χ1) is 9.54. The van der Waals surface area contributed by atoms with E-state index in [2.05, 4.69) is 15.0 Å². The fraction of sp³-hybridized carbons (Fsp3) is 0.615. The van der Waals surface area contributed by atoms with Gasteiger partial charge in [-0.05, 0) is 19.8 Å². The molecule has 20 heavy (non-hydrogen) atoms. The van der Waals surface area contributed by atoms with E-state index in [0.29, 0.717) is 0 Å². The Morgan fingerprint density at radius 1 is 1.40 bits per heavy atom. The van der Waals surface area contributed by atoms with E-state index in [-0.39, 0.29) is 11.8 Å². The zero-order valence-electron chi connectivity index (χ0n) is 12.0. The summed E-state index contributed by atoms with van der Waals surface area (Å²) in [6, 6.07) is 0. The monoisotopic (exact) mass is 293 g/mol. The third-order valence-corrected chi connectivity index (χ3v) is 4.69. The van der Waals surface area contributed by atoms with E-state index in [1.54, 1.807) is 16.2 Å². The number of aryl methyl sites for hydroxylation is 1. The lowest BCUT2D eigenvalue weighted by Crippen LogP contribution is -2.40. The summed E-state index contributed by atoms with van der Waals surface area (Å²) < 4.78 is 1.84. The van der Waals surface area contributed by atoms with Gasteiger partial charge in [-0.3, -0.25) is 4.79 Å². The molecular formula is C13H19N5OS. The second-order valence-corrected chi connectivity index (χ2v) is 6.42. The van der Waals surface area contributed by atoms with Crippen molar-refractivity contribution in [2.24, 2.45) is 5.92 Å². The molecule has 6 nitrogen and oxygen atoms in total. The molecule has 0 aromatic carbocycles. The van der Waals surface area contributed by atoms with E-state index >= 15 is 0 Å². The first-order valence-corrected chi connectivity index (χ1v) is 7.65. The van der Waals surface area contributed by atoms with Crippen molar-refractivity contribution in [3.63, 3.8) is 0 Å². The molecule has 0 spiro atoms. The van der Waals surface area contributed by atoms with Crippen molar-refractivity contribution in [3.05, 3.63) is 11.9 Å². The van der Waals surface area contributed by atoms with E-state index in [1.807, 2.05) is 31.7 Å². The lowest BCUT2D eigenvalue weighted by molar-refractivity contribution is -0.133. The number of piperidine rings is 1. The van der Waals surface area contributed by atoms with Crippen LogP contribution in [-0.4, -0.2) is 52.6 Å². The zero-order valence-corrected chi connectivity index (χ0v) is 12.9. The number of nitrogens with zero attached hydrogens (tertiary/aromatic N) is 5. The van der Waals surface area contributed by atoms with Crippen LogP contribution < -0.4 is 4.90 Å². The first kappa shape index (κ1) is 13.4. The lowest BCUT2D eigenvalue weighted by atomic mass is 9.96. The number of rotatable bonds is 2. The van der Waals surface area contributed by atoms with Gasteiger partial charge in [0.2, 0.25) is 16.0 Å². The summed E-state index contributed by atoms with van der Waals surface area (Å²) in [5, 5.41) is 5.57. The summed E-state index contributed by atoms with van der Waals surface area (Å²) in [5.74, 6) is 0.404. The molecule has 0 unspecified atom stereocenters. The Kier molecular flexibility index (Phi) is 3.37. The van der Waals surface area contributed by atoms with Crippen molar-refractivity contribution in [2.75, 3.05) is 32.1 Å². The molecule has 3 rings (SSSR count). The fourth-order valence-corrected chi connectivity index (χ4v) is 3.59. The molecule has 0 bridgehead atoms. The van der Waals surface area contributed by atoms with Crippen molar-refractivity contribution < 1.29 is 4.79 Å². The molecule has 3 heterocycles. The molecule has 7 heteroatoms. The van der Waals surface area contributed by atoms with Gasteiger partial charge in [-0.2, -0.15) is 0 Å². The Balaban J connectivity index is 1.68. The van der Waals surface area contributed by atoms with Gasteiger partial charge in [0.05, 0.1) is 11.9 Å². The molecule has 0 atom stereocenters. The van der Waals surface area contributed by atoms with Crippen LogP contribution in [0.25, 0.3) is 4.96 Å². The number of fused-ring (bicyclic) bond motifs is 1. The van der Waals surface area contributed by atoms with Crippen molar-refractivity contribution in [1.29, 1.82) is 0 Å².